The van der Waals surface area contributed by atoms with E-state index < -0.39 is 0 Å². The molecule has 0 amide bonds. The number of methoxy groups -OCH3 is 1. The fourth-order valence-electron chi connectivity index (χ4n) is 1.86. The molecule has 114 valence electrons. The fourth-order valence-corrected chi connectivity index (χ4v) is 1.86. The molecule has 0 fully saturated rings. The molecule has 0 radical (unpaired) electrons. The van der Waals surface area contributed by atoms with Crippen molar-refractivity contribution >= 4 is 12.4 Å². The van der Waals surface area contributed by atoms with Gasteiger partial charge in [0.25, 0.3) is 6.47 Å². The van der Waals surface area contributed by atoms with Crippen LogP contribution in [-0.4, -0.2) is 26.2 Å². The van der Waals surface area contributed by atoms with Gasteiger partial charge in [-0.1, -0.05) is 24.3 Å². The Bertz CT molecular complexity index is 617. The first-order valence-electron chi connectivity index (χ1n) is 6.73. The summed E-state index contributed by atoms with van der Waals surface area (Å²) >= 11 is 0. The molecular formula is C17H16O5. The molecule has 0 saturated heterocycles. The second-order valence-corrected chi connectivity index (χ2v) is 4.48. The van der Waals surface area contributed by atoms with Crippen LogP contribution in [0.2, 0.25) is 0 Å². The summed E-state index contributed by atoms with van der Waals surface area (Å²) in [5.74, 6) is 0.651. The Labute approximate surface area is 128 Å². The molecule has 2 rings (SSSR count). The van der Waals surface area contributed by atoms with Crippen LogP contribution in [0.4, 0.5) is 0 Å². The number of hydrogen-bond acceptors (Lipinski definition) is 5. The Morgan fingerprint density at radius 1 is 0.955 bits per heavy atom. The smallest absolute Gasteiger partial charge is 0.313 e. The third-order valence-electron chi connectivity index (χ3n) is 2.97. The average molecular weight is 300 g/mol. The maximum Gasteiger partial charge on any atom is 0.313 e. The van der Waals surface area contributed by atoms with Crippen molar-refractivity contribution in [2.45, 2.75) is 6.42 Å². The van der Waals surface area contributed by atoms with E-state index in [-0.39, 0.29) is 12.4 Å². The number of rotatable bonds is 7. The SMILES string of the molecule is COCCC(=O)Oc1ccc(-c2ccc(OC=O)cc2)cc1. The van der Waals surface area contributed by atoms with Gasteiger partial charge in [-0.05, 0) is 35.4 Å². The maximum absolute atomic E-state index is 11.5. The Morgan fingerprint density at radius 3 is 2.00 bits per heavy atom. The van der Waals surface area contributed by atoms with E-state index in [0.29, 0.717) is 24.6 Å². The van der Waals surface area contributed by atoms with E-state index in [4.69, 9.17) is 14.2 Å². The molecular weight excluding hydrogens is 284 g/mol. The quantitative estimate of drug-likeness (QED) is 0.447. The molecule has 0 heterocycles. The normalized spacial score (nSPS) is 10.0. The van der Waals surface area contributed by atoms with Gasteiger partial charge in [-0.2, -0.15) is 0 Å². The van der Waals surface area contributed by atoms with Crippen LogP contribution in [0.1, 0.15) is 6.42 Å². The van der Waals surface area contributed by atoms with Crippen LogP contribution in [0.5, 0.6) is 11.5 Å². The van der Waals surface area contributed by atoms with E-state index in [1.54, 1.807) is 24.3 Å². The van der Waals surface area contributed by atoms with Gasteiger partial charge in [0, 0.05) is 7.11 Å². The summed E-state index contributed by atoms with van der Waals surface area (Å²) in [6, 6.07) is 14.3. The van der Waals surface area contributed by atoms with E-state index in [1.807, 2.05) is 24.3 Å². The fraction of sp³-hybridized carbons (Fsp3) is 0.176. The van der Waals surface area contributed by atoms with Crippen LogP contribution >= 0.6 is 0 Å². The molecule has 0 aliphatic rings. The van der Waals surface area contributed by atoms with Gasteiger partial charge in [-0.25, -0.2) is 0 Å². The van der Waals surface area contributed by atoms with Gasteiger partial charge < -0.3 is 14.2 Å². The molecule has 0 aliphatic carbocycles. The van der Waals surface area contributed by atoms with E-state index >= 15 is 0 Å². The van der Waals surface area contributed by atoms with Crippen LogP contribution in [0.15, 0.2) is 48.5 Å². The van der Waals surface area contributed by atoms with Crippen molar-refractivity contribution in [2.75, 3.05) is 13.7 Å². The minimum absolute atomic E-state index is 0.219. The van der Waals surface area contributed by atoms with Crippen molar-refractivity contribution in [1.29, 1.82) is 0 Å². The molecule has 2 aromatic carbocycles. The molecule has 0 bridgehead atoms. The van der Waals surface area contributed by atoms with Gasteiger partial charge in [0.15, 0.2) is 0 Å². The molecule has 22 heavy (non-hydrogen) atoms. The summed E-state index contributed by atoms with van der Waals surface area (Å²) in [5.41, 5.74) is 1.94. The van der Waals surface area contributed by atoms with Crippen LogP contribution in [0, 0.1) is 0 Å². The molecule has 5 nitrogen and oxygen atoms in total. The topological polar surface area (TPSA) is 61.8 Å². The summed E-state index contributed by atoms with van der Waals surface area (Å²) in [4.78, 5) is 21.7. The van der Waals surface area contributed by atoms with Gasteiger partial charge in [-0.3, -0.25) is 9.59 Å². The monoisotopic (exact) mass is 300 g/mol. The third-order valence-corrected chi connectivity index (χ3v) is 2.97. The Morgan fingerprint density at radius 2 is 1.50 bits per heavy atom. The van der Waals surface area contributed by atoms with Crippen molar-refractivity contribution in [3.63, 3.8) is 0 Å². The molecule has 0 atom stereocenters. The van der Waals surface area contributed by atoms with Crippen molar-refractivity contribution in [3.8, 4) is 22.6 Å². The first-order chi connectivity index (χ1) is 10.7. The van der Waals surface area contributed by atoms with E-state index in [0.717, 1.165) is 11.1 Å². The standard InChI is InChI=1S/C17H16O5/c1-20-11-10-17(19)22-16-8-4-14(5-9-16)13-2-6-15(7-3-13)21-12-18/h2-9,12H,10-11H2,1H3. The molecule has 2 aromatic rings. The van der Waals surface area contributed by atoms with Crippen LogP contribution in [0.3, 0.4) is 0 Å². The zero-order valence-electron chi connectivity index (χ0n) is 12.2. The molecule has 5 heteroatoms. The largest absolute Gasteiger partial charge is 0.429 e. The Kier molecular flexibility index (Phi) is 5.68. The van der Waals surface area contributed by atoms with Gasteiger partial charge in [-0.15, -0.1) is 0 Å². The van der Waals surface area contributed by atoms with Crippen LogP contribution < -0.4 is 9.47 Å². The first-order valence-corrected chi connectivity index (χ1v) is 6.73. The number of benzene rings is 2. The van der Waals surface area contributed by atoms with Crippen LogP contribution in [-0.2, 0) is 14.3 Å². The molecule has 0 aromatic heterocycles. The summed E-state index contributed by atoms with van der Waals surface area (Å²) in [5, 5.41) is 0. The van der Waals surface area contributed by atoms with Gasteiger partial charge in [0.05, 0.1) is 13.0 Å². The lowest BCUT2D eigenvalue weighted by Gasteiger charge is -2.06. The lowest BCUT2D eigenvalue weighted by molar-refractivity contribution is -0.135. The summed E-state index contributed by atoms with van der Waals surface area (Å²) in [6.45, 7) is 0.730. The predicted octanol–water partition coefficient (Wildman–Crippen LogP) is 2.83. The van der Waals surface area contributed by atoms with E-state index in [1.165, 1.54) is 7.11 Å². The minimum atomic E-state index is -0.329. The Balaban J connectivity index is 2.01. The Hall–Kier alpha value is -2.66. The maximum atomic E-state index is 11.5. The highest BCUT2D eigenvalue weighted by atomic mass is 16.5. The molecule has 0 spiro atoms. The zero-order chi connectivity index (χ0) is 15.8. The summed E-state index contributed by atoms with van der Waals surface area (Å²) in [6.07, 6.45) is 0.219. The van der Waals surface area contributed by atoms with E-state index in [9.17, 15) is 9.59 Å². The van der Waals surface area contributed by atoms with Crippen LogP contribution in [0.25, 0.3) is 11.1 Å². The van der Waals surface area contributed by atoms with Crippen molar-refractivity contribution in [2.24, 2.45) is 0 Å². The molecule has 0 aliphatic heterocycles. The highest BCUT2D eigenvalue weighted by Crippen LogP contribution is 2.24. The van der Waals surface area contributed by atoms with Gasteiger partial charge in [0.1, 0.15) is 11.5 Å². The van der Waals surface area contributed by atoms with Crippen molar-refractivity contribution in [1.82, 2.24) is 0 Å². The van der Waals surface area contributed by atoms with Crippen molar-refractivity contribution < 1.29 is 23.8 Å². The second kappa shape index (κ2) is 7.95. The zero-order valence-corrected chi connectivity index (χ0v) is 12.2. The lowest BCUT2D eigenvalue weighted by Crippen LogP contribution is -2.10. The summed E-state index contributed by atoms with van der Waals surface area (Å²) < 4.78 is 14.7. The second-order valence-electron chi connectivity index (χ2n) is 4.48. The van der Waals surface area contributed by atoms with E-state index in [2.05, 4.69) is 0 Å². The van der Waals surface area contributed by atoms with Gasteiger partial charge in [0.2, 0.25) is 0 Å². The lowest BCUT2D eigenvalue weighted by atomic mass is 10.1. The number of ether oxygens (including phenoxy) is 3. The van der Waals surface area contributed by atoms with Crippen molar-refractivity contribution in [3.05, 3.63) is 48.5 Å². The average Bonchev–Trinajstić information content (AvgIpc) is 2.55. The summed E-state index contributed by atoms with van der Waals surface area (Å²) in [7, 11) is 1.54. The number of carbonyl (C=O) groups is 2. The third kappa shape index (κ3) is 4.43. The highest BCUT2D eigenvalue weighted by Gasteiger charge is 2.05. The number of esters is 1. The minimum Gasteiger partial charge on any atom is -0.429 e. The molecule has 0 saturated carbocycles. The van der Waals surface area contributed by atoms with Gasteiger partial charge >= 0.3 is 5.97 Å². The molecule has 0 unspecified atom stereocenters. The number of carbonyl (C=O) groups excluding carboxylic acids is 2. The predicted molar refractivity (Wildman–Crippen MR) is 80.7 cm³/mol. The molecule has 0 N–H and O–H groups in total. The first kappa shape index (κ1) is 15.7. The number of hydrogen-bond donors (Lipinski definition) is 0. The highest BCUT2D eigenvalue weighted by molar-refractivity contribution is 5.73.